The fourth-order valence-corrected chi connectivity index (χ4v) is 4.59. The van der Waals surface area contributed by atoms with Crippen LogP contribution >= 0.6 is 34.4 Å². The van der Waals surface area contributed by atoms with Crippen molar-refractivity contribution in [1.82, 2.24) is 19.9 Å². The van der Waals surface area contributed by atoms with Crippen molar-refractivity contribution >= 4 is 61.6 Å². The molecule has 0 radical (unpaired) electrons. The van der Waals surface area contributed by atoms with Gasteiger partial charge >= 0.3 is 0 Å². The molecule has 186 valence electrons. The third-order valence-electron chi connectivity index (χ3n) is 4.53. The lowest BCUT2D eigenvalue weighted by Gasteiger charge is -2.13. The highest BCUT2D eigenvalue weighted by Gasteiger charge is 2.12. The highest BCUT2D eigenvalue weighted by atomic mass is 32.2. The molecule has 0 saturated heterocycles. The van der Waals surface area contributed by atoms with Crippen LogP contribution < -0.4 is 10.6 Å². The Balaban J connectivity index is 0.000000607. The lowest BCUT2D eigenvalue weighted by Crippen LogP contribution is -2.21. The quantitative estimate of drug-likeness (QED) is 0.254. The summed E-state index contributed by atoms with van der Waals surface area (Å²) in [4.78, 5) is 26.6. The van der Waals surface area contributed by atoms with Crippen LogP contribution in [0, 0.1) is 5.92 Å². The summed E-state index contributed by atoms with van der Waals surface area (Å²) in [7, 11) is 3.45. The number of thiazole rings is 1. The summed E-state index contributed by atoms with van der Waals surface area (Å²) in [5, 5.41) is 11.3. The number of anilines is 2. The largest absolute Gasteiger partial charge is 0.361 e. The number of nitrogens with one attached hydrogen (secondary N) is 2. The second kappa shape index (κ2) is 13.3. The van der Waals surface area contributed by atoms with Gasteiger partial charge in [0.15, 0.2) is 5.13 Å². The number of carbonyl (C=O) groups is 1. The third-order valence-corrected chi connectivity index (χ3v) is 6.80. The molecule has 35 heavy (non-hydrogen) atoms. The Morgan fingerprint density at radius 3 is 2.40 bits per heavy atom. The van der Waals surface area contributed by atoms with Crippen molar-refractivity contribution in [2.45, 2.75) is 17.6 Å². The Morgan fingerprint density at radius 2 is 1.80 bits per heavy atom. The molecule has 4 aromatic rings. The number of nitrogens with zero attached hydrogens (tertiary/aromatic N) is 4. The molecule has 12 heteroatoms. The van der Waals surface area contributed by atoms with Crippen LogP contribution in [0.3, 0.4) is 0 Å². The van der Waals surface area contributed by atoms with Crippen LogP contribution in [0.4, 0.5) is 19.9 Å². The number of amides is 1. The lowest BCUT2D eigenvalue weighted by atomic mass is 10.2. The summed E-state index contributed by atoms with van der Waals surface area (Å²) in [5.74, 6) is -1.89. The first-order chi connectivity index (χ1) is 16.8. The molecule has 0 spiro atoms. The predicted octanol–water partition coefficient (Wildman–Crippen LogP) is 6.01. The van der Waals surface area contributed by atoms with Gasteiger partial charge in [0, 0.05) is 50.0 Å². The average Bonchev–Trinajstić information content (AvgIpc) is 3.54. The number of benzene rings is 1. The molecule has 7 nitrogen and oxygen atoms in total. The molecular weight excluding hydrogens is 510 g/mol. The molecular formula is C23H26F2N6OS3. The fraction of sp³-hybridized carbons (Fsp3) is 0.304. The number of hydrogen-bond donors (Lipinski definition) is 2. The zero-order chi connectivity index (χ0) is 25.2. The van der Waals surface area contributed by atoms with Gasteiger partial charge in [-0.1, -0.05) is 42.2 Å². The molecule has 0 saturated carbocycles. The first kappa shape index (κ1) is 26.8. The van der Waals surface area contributed by atoms with Crippen LogP contribution in [0.1, 0.15) is 17.3 Å². The number of thioether (sulfide) groups is 1. The van der Waals surface area contributed by atoms with Gasteiger partial charge in [-0.3, -0.25) is 4.79 Å². The van der Waals surface area contributed by atoms with E-state index in [2.05, 4.69) is 32.5 Å². The molecule has 0 aliphatic carbocycles. The maximum atomic E-state index is 12.3. The highest BCUT2D eigenvalue weighted by molar-refractivity contribution is 7.99. The number of carbonyl (C=O) groups excluding carboxylic acids is 1. The van der Waals surface area contributed by atoms with Crippen LogP contribution in [-0.2, 0) is 0 Å². The van der Waals surface area contributed by atoms with Crippen LogP contribution in [0.25, 0.3) is 10.2 Å². The van der Waals surface area contributed by atoms with Crippen LogP contribution in [0.15, 0.2) is 58.4 Å². The fourth-order valence-electron chi connectivity index (χ4n) is 2.79. The molecule has 0 aliphatic rings. The van der Waals surface area contributed by atoms with E-state index in [0.29, 0.717) is 41.3 Å². The number of fused-ring (bicyclic) bond motifs is 1. The number of rotatable bonds is 9. The normalized spacial score (nSPS) is 11.6. The van der Waals surface area contributed by atoms with E-state index < -0.39 is 5.76 Å². The Bertz CT molecular complexity index is 1170. The van der Waals surface area contributed by atoms with Crippen molar-refractivity contribution < 1.29 is 13.6 Å². The molecule has 3 aromatic heterocycles. The summed E-state index contributed by atoms with van der Waals surface area (Å²) in [6, 6.07) is 9.53. The Kier molecular flexibility index (Phi) is 10.2. The SMILES string of the molecule is CC(CNc1ncc(SC(F)F)cn1)CNc1nc2ccc(C(=O)N(C)C)cc2s1.c1ccsc1. The number of halogens is 2. The third kappa shape index (κ3) is 8.71. The smallest absolute Gasteiger partial charge is 0.289 e. The lowest BCUT2D eigenvalue weighted by molar-refractivity contribution is 0.0828. The van der Waals surface area contributed by atoms with Crippen molar-refractivity contribution in [3.63, 3.8) is 0 Å². The van der Waals surface area contributed by atoms with Gasteiger partial charge in [0.05, 0.1) is 10.2 Å². The second-order valence-corrected chi connectivity index (χ2v) is 10.6. The maximum Gasteiger partial charge on any atom is 0.289 e. The van der Waals surface area contributed by atoms with E-state index in [1.165, 1.54) is 23.7 Å². The molecule has 0 aliphatic heterocycles. The molecule has 1 amide bonds. The molecule has 1 aromatic carbocycles. The molecule has 1 unspecified atom stereocenters. The minimum atomic E-state index is -2.49. The molecule has 4 rings (SSSR count). The second-order valence-electron chi connectivity index (χ2n) is 7.68. The molecule has 3 heterocycles. The molecule has 2 N–H and O–H groups in total. The van der Waals surface area contributed by atoms with Crippen LogP contribution in [0.2, 0.25) is 0 Å². The van der Waals surface area contributed by atoms with Crippen LogP contribution in [0.5, 0.6) is 0 Å². The minimum absolute atomic E-state index is 0.0393. The number of aromatic nitrogens is 3. The predicted molar refractivity (Wildman–Crippen MR) is 142 cm³/mol. The molecule has 1 atom stereocenters. The topological polar surface area (TPSA) is 83.0 Å². The van der Waals surface area contributed by atoms with Gasteiger partial charge in [-0.15, -0.1) is 0 Å². The van der Waals surface area contributed by atoms with E-state index >= 15 is 0 Å². The minimum Gasteiger partial charge on any atom is -0.361 e. The van der Waals surface area contributed by atoms with E-state index in [4.69, 9.17) is 0 Å². The first-order valence-electron chi connectivity index (χ1n) is 10.7. The van der Waals surface area contributed by atoms with E-state index in [1.807, 2.05) is 35.0 Å². The van der Waals surface area contributed by atoms with Gasteiger partial charge in [0.2, 0.25) is 5.95 Å². The Labute approximate surface area is 215 Å². The average molecular weight is 537 g/mol. The number of thiophene rings is 1. The van der Waals surface area contributed by atoms with Gasteiger partial charge in [-0.2, -0.15) is 20.1 Å². The zero-order valence-corrected chi connectivity index (χ0v) is 21.9. The van der Waals surface area contributed by atoms with E-state index in [-0.39, 0.29) is 11.8 Å². The highest BCUT2D eigenvalue weighted by Crippen LogP contribution is 2.27. The van der Waals surface area contributed by atoms with Gasteiger partial charge in [0.1, 0.15) is 0 Å². The number of hydrogen-bond acceptors (Lipinski definition) is 9. The summed E-state index contributed by atoms with van der Waals surface area (Å²) in [6.45, 7) is 3.35. The van der Waals surface area contributed by atoms with E-state index in [9.17, 15) is 13.6 Å². The van der Waals surface area contributed by atoms with Gasteiger partial charge < -0.3 is 15.5 Å². The molecule has 0 fully saturated rings. The summed E-state index contributed by atoms with van der Waals surface area (Å²) in [5.41, 5.74) is 1.48. The Morgan fingerprint density at radius 1 is 1.11 bits per heavy atom. The Hall–Kier alpha value is -2.83. The van der Waals surface area contributed by atoms with Gasteiger partial charge in [-0.05, 0) is 34.9 Å². The van der Waals surface area contributed by atoms with Crippen LogP contribution in [-0.4, -0.2) is 58.7 Å². The monoisotopic (exact) mass is 536 g/mol. The van der Waals surface area contributed by atoms with Crippen molar-refractivity contribution in [3.05, 3.63) is 59.0 Å². The zero-order valence-electron chi connectivity index (χ0n) is 19.4. The van der Waals surface area contributed by atoms with Gasteiger partial charge in [-0.25, -0.2) is 15.0 Å². The van der Waals surface area contributed by atoms with Crippen molar-refractivity contribution in [1.29, 1.82) is 0 Å². The summed E-state index contributed by atoms with van der Waals surface area (Å²) >= 11 is 3.63. The van der Waals surface area contributed by atoms with E-state index in [1.54, 1.807) is 36.4 Å². The molecule has 0 bridgehead atoms. The van der Waals surface area contributed by atoms with Crippen molar-refractivity contribution in [2.24, 2.45) is 5.92 Å². The standard InChI is InChI=1S/C19H22F2N6OS2.C4H4S/c1-11(7-22-18-23-9-13(10-24-18)29-17(20)21)8-25-19-26-14-5-4-12(6-15(14)30-19)16(28)27(2)3;1-2-4-5-3-1/h4-6,9-11,17H,7-8H2,1-3H3,(H,25,26)(H,22,23,24);1-4H. The maximum absolute atomic E-state index is 12.3. The summed E-state index contributed by atoms with van der Waals surface area (Å²) in [6.07, 6.45) is 2.76. The first-order valence-corrected chi connectivity index (χ1v) is 13.3. The van der Waals surface area contributed by atoms with Crippen molar-refractivity contribution in [2.75, 3.05) is 37.8 Å². The van der Waals surface area contributed by atoms with Crippen molar-refractivity contribution in [3.8, 4) is 0 Å². The number of alkyl halides is 2. The van der Waals surface area contributed by atoms with Gasteiger partial charge in [0.25, 0.3) is 11.7 Å². The summed E-state index contributed by atoms with van der Waals surface area (Å²) < 4.78 is 25.6. The van der Waals surface area contributed by atoms with E-state index in [0.717, 1.165) is 15.3 Å².